The molecule has 0 fully saturated rings. The van der Waals surface area contributed by atoms with Gasteiger partial charge in [0.05, 0.1) is 11.3 Å². The fourth-order valence-electron chi connectivity index (χ4n) is 1.49. The second kappa shape index (κ2) is 5.18. The van der Waals surface area contributed by atoms with Gasteiger partial charge in [-0.2, -0.15) is 0 Å². The average molecular weight is 307 g/mol. The number of pyridine rings is 1. The summed E-state index contributed by atoms with van der Waals surface area (Å²) in [6.45, 7) is 0. The van der Waals surface area contributed by atoms with E-state index in [9.17, 15) is 9.59 Å². The van der Waals surface area contributed by atoms with Crippen LogP contribution in [0.5, 0.6) is 0 Å². The quantitative estimate of drug-likeness (QED) is 0.926. The van der Waals surface area contributed by atoms with Gasteiger partial charge in [-0.3, -0.25) is 9.59 Å². The molecule has 18 heavy (non-hydrogen) atoms. The van der Waals surface area contributed by atoms with Crippen molar-refractivity contribution in [3.05, 3.63) is 63.0 Å². The molecule has 0 unspecified atom stereocenters. The van der Waals surface area contributed by atoms with E-state index >= 15 is 0 Å². The fourth-order valence-corrected chi connectivity index (χ4v) is 1.87. The maximum atomic E-state index is 12.0. The average Bonchev–Trinajstić information content (AvgIpc) is 2.35. The van der Waals surface area contributed by atoms with Crippen LogP contribution in [0.1, 0.15) is 10.4 Å². The summed E-state index contributed by atoms with van der Waals surface area (Å²) in [6, 6.07) is 10.2. The first kappa shape index (κ1) is 12.6. The molecule has 1 amide bonds. The van der Waals surface area contributed by atoms with Crippen molar-refractivity contribution in [1.29, 1.82) is 0 Å². The van der Waals surface area contributed by atoms with E-state index < -0.39 is 0 Å². The Hall–Kier alpha value is -1.88. The lowest BCUT2D eigenvalue weighted by Gasteiger charge is -2.07. The molecule has 0 bridgehead atoms. The van der Waals surface area contributed by atoms with Crippen molar-refractivity contribution in [2.45, 2.75) is 0 Å². The highest BCUT2D eigenvalue weighted by Gasteiger charge is 2.08. The largest absolute Gasteiger partial charge is 0.321 e. The lowest BCUT2D eigenvalue weighted by Crippen LogP contribution is -2.19. The van der Waals surface area contributed by atoms with Crippen molar-refractivity contribution in [2.24, 2.45) is 7.05 Å². The van der Waals surface area contributed by atoms with E-state index in [2.05, 4.69) is 21.2 Å². The smallest absolute Gasteiger partial charge is 0.257 e. The van der Waals surface area contributed by atoms with Gasteiger partial charge in [-0.1, -0.05) is 12.1 Å². The second-order valence-electron chi connectivity index (χ2n) is 3.80. The molecule has 4 nitrogen and oxygen atoms in total. The number of hydrogen-bond donors (Lipinski definition) is 1. The molecular weight excluding hydrogens is 296 g/mol. The first-order valence-corrected chi connectivity index (χ1v) is 6.10. The maximum Gasteiger partial charge on any atom is 0.257 e. The summed E-state index contributed by atoms with van der Waals surface area (Å²) in [6.07, 6.45) is 1.51. The topological polar surface area (TPSA) is 51.1 Å². The highest BCUT2D eigenvalue weighted by atomic mass is 79.9. The van der Waals surface area contributed by atoms with Gasteiger partial charge in [0.2, 0.25) is 5.56 Å². The van der Waals surface area contributed by atoms with E-state index in [1.54, 1.807) is 13.1 Å². The molecule has 2 rings (SSSR count). The van der Waals surface area contributed by atoms with E-state index in [1.807, 2.05) is 18.2 Å². The first-order chi connectivity index (χ1) is 8.58. The van der Waals surface area contributed by atoms with Crippen molar-refractivity contribution in [3.8, 4) is 0 Å². The number of carbonyl (C=O) groups excluding carboxylic acids is 1. The molecule has 0 saturated heterocycles. The molecule has 2 aromatic rings. The number of nitrogens with zero attached hydrogens (tertiary/aromatic N) is 1. The van der Waals surface area contributed by atoms with E-state index in [-0.39, 0.29) is 11.5 Å². The number of rotatable bonds is 2. The normalized spacial score (nSPS) is 10.1. The summed E-state index contributed by atoms with van der Waals surface area (Å²) in [5, 5.41) is 2.77. The Labute approximate surface area is 112 Å². The highest BCUT2D eigenvalue weighted by molar-refractivity contribution is 9.10. The lowest BCUT2D eigenvalue weighted by atomic mass is 10.2. The van der Waals surface area contributed by atoms with Gasteiger partial charge in [-0.15, -0.1) is 0 Å². The summed E-state index contributed by atoms with van der Waals surface area (Å²) in [5.41, 5.74) is 0.983. The van der Waals surface area contributed by atoms with Crippen LogP contribution in [0.4, 0.5) is 5.69 Å². The van der Waals surface area contributed by atoms with Crippen molar-refractivity contribution < 1.29 is 4.79 Å². The number of carbonyl (C=O) groups is 1. The summed E-state index contributed by atoms with van der Waals surface area (Å²) in [5.74, 6) is -0.252. The number of benzene rings is 1. The summed E-state index contributed by atoms with van der Waals surface area (Å²) < 4.78 is 2.18. The zero-order valence-corrected chi connectivity index (χ0v) is 11.3. The Morgan fingerprint density at radius 1 is 1.22 bits per heavy atom. The minimum atomic E-state index is -0.252. The third-order valence-corrected chi connectivity index (χ3v) is 3.16. The number of anilines is 1. The minimum absolute atomic E-state index is 0.146. The molecule has 1 aromatic heterocycles. The van der Waals surface area contributed by atoms with Crippen LogP contribution in [-0.2, 0) is 7.05 Å². The molecule has 0 aliphatic rings. The molecule has 92 valence electrons. The molecule has 0 radical (unpaired) electrons. The monoisotopic (exact) mass is 306 g/mol. The maximum absolute atomic E-state index is 12.0. The van der Waals surface area contributed by atoms with Crippen LogP contribution in [0.15, 0.2) is 51.9 Å². The van der Waals surface area contributed by atoms with Gasteiger partial charge >= 0.3 is 0 Å². The van der Waals surface area contributed by atoms with Crippen LogP contribution in [-0.4, -0.2) is 10.5 Å². The Morgan fingerprint density at radius 2 is 1.94 bits per heavy atom. The van der Waals surface area contributed by atoms with Crippen molar-refractivity contribution in [1.82, 2.24) is 4.57 Å². The first-order valence-electron chi connectivity index (χ1n) is 5.30. The van der Waals surface area contributed by atoms with Crippen molar-refractivity contribution in [3.63, 3.8) is 0 Å². The van der Waals surface area contributed by atoms with Crippen LogP contribution in [0.25, 0.3) is 0 Å². The number of aryl methyl sites for hydroxylation is 1. The SMILES string of the molecule is Cn1cc(C(=O)Nc2ccccc2Br)ccc1=O. The molecule has 1 aromatic carbocycles. The minimum Gasteiger partial charge on any atom is -0.321 e. The number of hydrogen-bond acceptors (Lipinski definition) is 2. The molecule has 0 spiro atoms. The number of amides is 1. The zero-order valence-electron chi connectivity index (χ0n) is 9.68. The van der Waals surface area contributed by atoms with Crippen LogP contribution in [0.2, 0.25) is 0 Å². The third kappa shape index (κ3) is 2.68. The van der Waals surface area contributed by atoms with Crippen LogP contribution < -0.4 is 10.9 Å². The predicted octanol–water partition coefficient (Wildman–Crippen LogP) is 2.40. The number of halogens is 1. The Balaban J connectivity index is 2.25. The Bertz CT molecular complexity index is 649. The molecule has 1 N–H and O–H groups in total. The fraction of sp³-hybridized carbons (Fsp3) is 0.0769. The molecule has 5 heteroatoms. The zero-order chi connectivity index (χ0) is 13.1. The third-order valence-electron chi connectivity index (χ3n) is 2.47. The van der Waals surface area contributed by atoms with Gasteiger partial charge in [0.25, 0.3) is 5.91 Å². The van der Waals surface area contributed by atoms with Gasteiger partial charge in [0, 0.05) is 23.8 Å². The van der Waals surface area contributed by atoms with Crippen molar-refractivity contribution in [2.75, 3.05) is 5.32 Å². The van der Waals surface area contributed by atoms with Gasteiger partial charge in [-0.05, 0) is 34.1 Å². The summed E-state index contributed by atoms with van der Waals surface area (Å²) in [7, 11) is 1.61. The standard InChI is InChI=1S/C13H11BrN2O2/c1-16-8-9(6-7-12(16)17)13(18)15-11-5-3-2-4-10(11)14/h2-8H,1H3,(H,15,18). The molecule has 0 aliphatic heterocycles. The molecule has 0 saturated carbocycles. The van der Waals surface area contributed by atoms with E-state index in [4.69, 9.17) is 0 Å². The number of nitrogens with one attached hydrogen (secondary N) is 1. The van der Waals surface area contributed by atoms with Gasteiger partial charge in [-0.25, -0.2) is 0 Å². The lowest BCUT2D eigenvalue weighted by molar-refractivity contribution is 0.102. The number of aromatic nitrogens is 1. The number of para-hydroxylation sites is 1. The van der Waals surface area contributed by atoms with Gasteiger partial charge in [0.15, 0.2) is 0 Å². The summed E-state index contributed by atoms with van der Waals surface area (Å²) in [4.78, 5) is 23.2. The second-order valence-corrected chi connectivity index (χ2v) is 4.66. The molecule has 0 atom stereocenters. The molecule has 1 heterocycles. The van der Waals surface area contributed by atoms with E-state index in [1.165, 1.54) is 22.9 Å². The van der Waals surface area contributed by atoms with Gasteiger partial charge < -0.3 is 9.88 Å². The van der Waals surface area contributed by atoms with Crippen LogP contribution in [0.3, 0.4) is 0 Å². The molecule has 0 aliphatic carbocycles. The highest BCUT2D eigenvalue weighted by Crippen LogP contribution is 2.21. The van der Waals surface area contributed by atoms with E-state index in [0.717, 1.165) is 4.47 Å². The Morgan fingerprint density at radius 3 is 2.61 bits per heavy atom. The molecular formula is C13H11BrN2O2. The Kier molecular flexibility index (Phi) is 3.62. The summed E-state index contributed by atoms with van der Waals surface area (Å²) >= 11 is 3.35. The van der Waals surface area contributed by atoms with E-state index in [0.29, 0.717) is 11.3 Å². The predicted molar refractivity (Wildman–Crippen MR) is 73.8 cm³/mol. The van der Waals surface area contributed by atoms with Crippen LogP contribution in [0, 0.1) is 0 Å². The van der Waals surface area contributed by atoms with Gasteiger partial charge in [0.1, 0.15) is 0 Å². The van der Waals surface area contributed by atoms with Crippen LogP contribution >= 0.6 is 15.9 Å². The van der Waals surface area contributed by atoms with Crippen molar-refractivity contribution >= 4 is 27.5 Å².